The van der Waals surface area contributed by atoms with E-state index in [1.165, 1.54) is 14.2 Å². The molecule has 122 valence electrons. The lowest BCUT2D eigenvalue weighted by atomic mass is 9.94. The zero-order chi connectivity index (χ0) is 16.6. The number of benzene rings is 1. The third-order valence-electron chi connectivity index (χ3n) is 4.18. The Morgan fingerprint density at radius 3 is 2.70 bits per heavy atom. The molecule has 0 saturated carbocycles. The van der Waals surface area contributed by atoms with Crippen molar-refractivity contribution in [3.05, 3.63) is 35.1 Å². The molecule has 6 nitrogen and oxygen atoms in total. The van der Waals surface area contributed by atoms with Gasteiger partial charge in [-0.05, 0) is 19.1 Å². The van der Waals surface area contributed by atoms with Gasteiger partial charge in [0.1, 0.15) is 17.9 Å². The first kappa shape index (κ1) is 15.7. The Morgan fingerprint density at radius 1 is 1.26 bits per heavy atom. The van der Waals surface area contributed by atoms with E-state index in [1.807, 2.05) is 32.2 Å². The summed E-state index contributed by atoms with van der Waals surface area (Å²) in [7, 11) is 5.06. The van der Waals surface area contributed by atoms with Crippen LogP contribution in [0.15, 0.2) is 24.4 Å². The summed E-state index contributed by atoms with van der Waals surface area (Å²) >= 11 is 6.03. The molecule has 1 aromatic carbocycles. The highest BCUT2D eigenvalue weighted by Gasteiger charge is 2.40. The molecule has 7 heteroatoms. The minimum absolute atomic E-state index is 0.349. The highest BCUT2D eigenvalue weighted by molar-refractivity contribution is 6.30. The van der Waals surface area contributed by atoms with Gasteiger partial charge in [-0.3, -0.25) is 0 Å². The quantitative estimate of drug-likeness (QED) is 0.859. The van der Waals surface area contributed by atoms with Crippen molar-refractivity contribution in [3.8, 4) is 17.5 Å². The second-order valence-corrected chi connectivity index (χ2v) is 5.94. The van der Waals surface area contributed by atoms with E-state index in [-0.39, 0.29) is 0 Å². The van der Waals surface area contributed by atoms with E-state index in [2.05, 4.69) is 14.9 Å². The Hall–Kier alpha value is -2.21. The van der Waals surface area contributed by atoms with Crippen molar-refractivity contribution >= 4 is 17.3 Å². The van der Waals surface area contributed by atoms with Gasteiger partial charge in [-0.15, -0.1) is 0 Å². The van der Waals surface area contributed by atoms with Gasteiger partial charge >= 0.3 is 0 Å². The standard InChI is InChI=1S/C16H18ClN3O3/c1-16(13-8-18-14(21-3)15(19-13)22-4)9-23-12-7-10(17)5-6-11(12)20(16)2/h5-8H,9H2,1-4H3. The number of halogens is 1. The van der Waals surface area contributed by atoms with Gasteiger partial charge in [0.2, 0.25) is 0 Å². The molecule has 1 aromatic heterocycles. The van der Waals surface area contributed by atoms with Crippen molar-refractivity contribution in [2.75, 3.05) is 32.8 Å². The topological polar surface area (TPSA) is 56.7 Å². The average Bonchev–Trinajstić information content (AvgIpc) is 2.57. The maximum Gasteiger partial charge on any atom is 0.278 e. The largest absolute Gasteiger partial charge is 0.488 e. The van der Waals surface area contributed by atoms with Crippen LogP contribution in [0.1, 0.15) is 12.6 Å². The van der Waals surface area contributed by atoms with Gasteiger partial charge in [-0.1, -0.05) is 11.6 Å². The van der Waals surface area contributed by atoms with Gasteiger partial charge in [0.05, 0.1) is 31.8 Å². The van der Waals surface area contributed by atoms with Crippen molar-refractivity contribution in [3.63, 3.8) is 0 Å². The van der Waals surface area contributed by atoms with Gasteiger partial charge < -0.3 is 19.1 Å². The molecule has 1 unspecified atom stereocenters. The Bertz CT molecular complexity index is 741. The first-order valence-corrected chi connectivity index (χ1v) is 7.49. The lowest BCUT2D eigenvalue weighted by Gasteiger charge is -2.43. The van der Waals surface area contributed by atoms with Crippen molar-refractivity contribution < 1.29 is 14.2 Å². The second-order valence-electron chi connectivity index (χ2n) is 5.51. The molecular weight excluding hydrogens is 318 g/mol. The predicted molar refractivity (Wildman–Crippen MR) is 87.8 cm³/mol. The van der Waals surface area contributed by atoms with E-state index in [0.717, 1.165) is 17.1 Å². The molecule has 0 N–H and O–H groups in total. The van der Waals surface area contributed by atoms with Crippen LogP contribution in [-0.4, -0.2) is 37.8 Å². The number of methoxy groups -OCH3 is 2. The molecule has 1 atom stereocenters. The number of hydrogen-bond acceptors (Lipinski definition) is 6. The summed E-state index contributed by atoms with van der Waals surface area (Å²) in [4.78, 5) is 10.9. The van der Waals surface area contributed by atoms with E-state index in [4.69, 9.17) is 25.8 Å². The van der Waals surface area contributed by atoms with Crippen LogP contribution in [0.3, 0.4) is 0 Å². The number of anilines is 1. The first-order valence-electron chi connectivity index (χ1n) is 7.11. The Balaban J connectivity index is 2.04. The number of rotatable bonds is 3. The monoisotopic (exact) mass is 335 g/mol. The maximum atomic E-state index is 6.03. The van der Waals surface area contributed by atoms with E-state index < -0.39 is 5.54 Å². The Morgan fingerprint density at radius 2 is 2.00 bits per heavy atom. The molecule has 0 aliphatic carbocycles. The normalized spacial score (nSPS) is 19.8. The van der Waals surface area contributed by atoms with Crippen molar-refractivity contribution in [2.24, 2.45) is 0 Å². The zero-order valence-electron chi connectivity index (χ0n) is 13.5. The summed E-state index contributed by atoms with van der Waals surface area (Å²) in [5, 5.41) is 0.645. The summed E-state index contributed by atoms with van der Waals surface area (Å²) in [6.45, 7) is 2.46. The lowest BCUT2D eigenvalue weighted by Crippen LogP contribution is -2.49. The third kappa shape index (κ3) is 2.53. The van der Waals surface area contributed by atoms with Crippen molar-refractivity contribution in [1.82, 2.24) is 9.97 Å². The second kappa shape index (κ2) is 5.77. The minimum Gasteiger partial charge on any atom is -0.488 e. The molecule has 0 fully saturated rings. The van der Waals surface area contributed by atoms with Crippen LogP contribution < -0.4 is 19.1 Å². The highest BCUT2D eigenvalue weighted by atomic mass is 35.5. The zero-order valence-corrected chi connectivity index (χ0v) is 14.2. The van der Waals surface area contributed by atoms with Gasteiger partial charge in [0.25, 0.3) is 11.8 Å². The summed E-state index contributed by atoms with van der Waals surface area (Å²) in [5.74, 6) is 1.46. The molecule has 1 aliphatic rings. The molecule has 1 aliphatic heterocycles. The van der Waals surface area contributed by atoms with Crippen molar-refractivity contribution in [1.29, 1.82) is 0 Å². The molecule has 0 amide bonds. The molecule has 2 heterocycles. The van der Waals surface area contributed by atoms with E-state index >= 15 is 0 Å². The molecular formula is C16H18ClN3O3. The van der Waals surface area contributed by atoms with E-state index in [1.54, 1.807) is 6.20 Å². The molecule has 0 spiro atoms. The van der Waals surface area contributed by atoms with Gasteiger partial charge in [0.15, 0.2) is 0 Å². The van der Waals surface area contributed by atoms with Crippen LogP contribution in [0.2, 0.25) is 5.02 Å². The van der Waals surface area contributed by atoms with Crippen LogP contribution in [0, 0.1) is 0 Å². The first-order chi connectivity index (χ1) is 11.0. The summed E-state index contributed by atoms with van der Waals surface area (Å²) in [5.41, 5.74) is 1.19. The number of ether oxygens (including phenoxy) is 3. The smallest absolute Gasteiger partial charge is 0.278 e. The SMILES string of the molecule is COc1ncc(C2(C)COc3cc(Cl)ccc3N2C)nc1OC. The predicted octanol–water partition coefficient (Wildman–Crippen LogP) is 2.89. The van der Waals surface area contributed by atoms with Crippen LogP contribution >= 0.6 is 11.6 Å². The Labute approximate surface area is 140 Å². The van der Waals surface area contributed by atoms with E-state index in [0.29, 0.717) is 23.4 Å². The minimum atomic E-state index is -0.493. The fourth-order valence-corrected chi connectivity index (χ4v) is 2.76. The van der Waals surface area contributed by atoms with Gasteiger partial charge in [0, 0.05) is 18.1 Å². The van der Waals surface area contributed by atoms with Crippen LogP contribution in [0.5, 0.6) is 17.5 Å². The molecule has 0 saturated heterocycles. The van der Waals surface area contributed by atoms with E-state index in [9.17, 15) is 0 Å². The molecule has 0 radical (unpaired) electrons. The highest BCUT2D eigenvalue weighted by Crippen LogP contribution is 2.42. The number of fused-ring (bicyclic) bond motifs is 1. The average molecular weight is 336 g/mol. The number of aromatic nitrogens is 2. The van der Waals surface area contributed by atoms with Gasteiger partial charge in [-0.2, -0.15) is 0 Å². The van der Waals surface area contributed by atoms with Gasteiger partial charge in [-0.25, -0.2) is 9.97 Å². The van der Waals surface area contributed by atoms with Crippen LogP contribution in [-0.2, 0) is 5.54 Å². The maximum absolute atomic E-state index is 6.03. The fourth-order valence-electron chi connectivity index (χ4n) is 2.60. The van der Waals surface area contributed by atoms with Crippen molar-refractivity contribution in [2.45, 2.75) is 12.5 Å². The summed E-state index contributed by atoms with van der Waals surface area (Å²) in [6, 6.07) is 5.59. The summed E-state index contributed by atoms with van der Waals surface area (Å²) < 4.78 is 16.3. The van der Waals surface area contributed by atoms with Crippen LogP contribution in [0.4, 0.5) is 5.69 Å². The Kier molecular flexibility index (Phi) is 3.93. The third-order valence-corrected chi connectivity index (χ3v) is 4.41. The molecule has 2 aromatic rings. The van der Waals surface area contributed by atoms with Crippen LogP contribution in [0.25, 0.3) is 0 Å². The number of likely N-dealkylation sites (N-methyl/N-ethyl adjacent to an activating group) is 1. The number of hydrogen-bond donors (Lipinski definition) is 0. The molecule has 3 rings (SSSR count). The lowest BCUT2D eigenvalue weighted by molar-refractivity contribution is 0.200. The number of nitrogens with zero attached hydrogens (tertiary/aromatic N) is 3. The molecule has 0 bridgehead atoms. The fraction of sp³-hybridized carbons (Fsp3) is 0.375. The molecule has 23 heavy (non-hydrogen) atoms. The summed E-state index contributed by atoms with van der Waals surface area (Å²) in [6.07, 6.45) is 1.68.